The minimum absolute atomic E-state index is 0.122. The number of fused-ring (bicyclic) bond motifs is 2. The molecule has 0 atom stereocenters. The predicted molar refractivity (Wildman–Crippen MR) is 110 cm³/mol. The maximum absolute atomic E-state index is 12.8. The third kappa shape index (κ3) is 3.77. The monoisotopic (exact) mass is 452 g/mol. The molecular weight excluding hydrogens is 437 g/mol. The smallest absolute Gasteiger partial charge is 0.355 e. The van der Waals surface area contributed by atoms with E-state index in [4.69, 9.17) is 0 Å². The van der Waals surface area contributed by atoms with E-state index in [-0.39, 0.29) is 17.1 Å². The molecule has 0 saturated heterocycles. The highest BCUT2D eigenvalue weighted by molar-refractivity contribution is 7.98. The van der Waals surface area contributed by atoms with E-state index in [0.717, 1.165) is 33.7 Å². The van der Waals surface area contributed by atoms with Crippen molar-refractivity contribution in [1.82, 2.24) is 9.97 Å². The zero-order valence-corrected chi connectivity index (χ0v) is 17.2. The number of hydrogen-bond acceptors (Lipinski definition) is 6. The van der Waals surface area contributed by atoms with Gasteiger partial charge in [0.1, 0.15) is 0 Å². The Morgan fingerprint density at radius 3 is 2.50 bits per heavy atom. The molecule has 0 unspecified atom stereocenters. The zero-order chi connectivity index (χ0) is 21.5. The van der Waals surface area contributed by atoms with Crippen molar-refractivity contribution in [3.8, 4) is 5.88 Å². The zero-order valence-electron chi connectivity index (χ0n) is 15.6. The van der Waals surface area contributed by atoms with E-state index in [1.165, 1.54) is 0 Å². The molecule has 1 aliphatic carbocycles. The lowest BCUT2D eigenvalue weighted by Crippen LogP contribution is -2.29. The summed E-state index contributed by atoms with van der Waals surface area (Å²) in [4.78, 5) is 8.23. The van der Waals surface area contributed by atoms with Gasteiger partial charge in [0.05, 0.1) is 5.69 Å². The summed E-state index contributed by atoms with van der Waals surface area (Å²) in [7, 11) is -5.82. The van der Waals surface area contributed by atoms with E-state index in [1.807, 2.05) is 42.5 Å². The molecule has 0 aliphatic heterocycles. The van der Waals surface area contributed by atoms with Gasteiger partial charge >= 0.3 is 15.6 Å². The molecule has 0 fully saturated rings. The number of alkyl halides is 3. The Kier molecular flexibility index (Phi) is 5.23. The minimum Gasteiger partial charge on any atom is -0.355 e. The summed E-state index contributed by atoms with van der Waals surface area (Å²) in [5, 5.41) is 2.23. The number of halogens is 3. The van der Waals surface area contributed by atoms with E-state index in [9.17, 15) is 21.6 Å². The molecule has 5 nitrogen and oxygen atoms in total. The lowest BCUT2D eigenvalue weighted by atomic mass is 9.89. The van der Waals surface area contributed by atoms with Crippen molar-refractivity contribution in [2.24, 2.45) is 0 Å². The highest BCUT2D eigenvalue weighted by Crippen LogP contribution is 2.38. The summed E-state index contributed by atoms with van der Waals surface area (Å²) in [5.74, 6) is -0.574. The summed E-state index contributed by atoms with van der Waals surface area (Å²) in [6.07, 6.45) is 4.13. The SMILES string of the molecule is CSc1nc2c(c(OS(=O)(=O)C(F)(F)F)n1)CCC(c1cccc3ccccc13)=C2. The Bertz CT molecular complexity index is 1270. The van der Waals surface area contributed by atoms with E-state index in [0.29, 0.717) is 12.1 Å². The molecule has 30 heavy (non-hydrogen) atoms. The fraction of sp³-hybridized carbons (Fsp3) is 0.200. The molecule has 4 rings (SSSR count). The first-order valence-electron chi connectivity index (χ1n) is 8.84. The van der Waals surface area contributed by atoms with Crippen LogP contribution in [0.3, 0.4) is 0 Å². The van der Waals surface area contributed by atoms with Gasteiger partial charge in [-0.2, -0.15) is 26.6 Å². The van der Waals surface area contributed by atoms with Crippen molar-refractivity contribution in [3.05, 3.63) is 59.3 Å². The molecule has 1 aliphatic rings. The van der Waals surface area contributed by atoms with Gasteiger partial charge in [0.2, 0.25) is 5.88 Å². The number of rotatable bonds is 4. The Balaban J connectivity index is 1.83. The summed E-state index contributed by atoms with van der Waals surface area (Å²) < 4.78 is 65.8. The summed E-state index contributed by atoms with van der Waals surface area (Å²) in [5.41, 5.74) is -2.99. The van der Waals surface area contributed by atoms with E-state index in [2.05, 4.69) is 14.2 Å². The first-order valence-corrected chi connectivity index (χ1v) is 11.5. The fourth-order valence-electron chi connectivity index (χ4n) is 3.34. The van der Waals surface area contributed by atoms with Crippen molar-refractivity contribution in [2.45, 2.75) is 23.5 Å². The van der Waals surface area contributed by atoms with Crippen molar-refractivity contribution in [1.29, 1.82) is 0 Å². The van der Waals surface area contributed by atoms with Crippen molar-refractivity contribution >= 4 is 44.3 Å². The standard InChI is InChI=1S/C20H15F3N2O3S2/c1-29-19-24-17-11-13(15-8-4-6-12-5-2-3-7-14(12)15)9-10-16(17)18(25-19)28-30(26,27)20(21,22)23/h2-8,11H,9-10H2,1H3. The molecule has 156 valence electrons. The minimum atomic E-state index is -5.82. The Morgan fingerprint density at radius 2 is 1.77 bits per heavy atom. The molecule has 3 aromatic rings. The van der Waals surface area contributed by atoms with Crippen LogP contribution in [-0.4, -0.2) is 30.1 Å². The average molecular weight is 452 g/mol. The van der Waals surface area contributed by atoms with Crippen molar-refractivity contribution in [3.63, 3.8) is 0 Å². The van der Waals surface area contributed by atoms with Crippen molar-refractivity contribution < 1.29 is 25.8 Å². The molecule has 0 N–H and O–H groups in total. The molecule has 1 heterocycles. The number of nitrogens with zero attached hydrogens (tertiary/aromatic N) is 2. The van der Waals surface area contributed by atoms with Gasteiger partial charge in [0, 0.05) is 5.56 Å². The summed E-state index contributed by atoms with van der Waals surface area (Å²) in [6.45, 7) is 0. The molecule has 1 aromatic heterocycles. The number of hydrogen-bond donors (Lipinski definition) is 0. The molecule has 2 aromatic carbocycles. The van der Waals surface area contributed by atoms with Crippen LogP contribution in [0.1, 0.15) is 23.2 Å². The topological polar surface area (TPSA) is 69.2 Å². The van der Waals surface area contributed by atoms with E-state index < -0.39 is 21.5 Å². The quantitative estimate of drug-likeness (QED) is 0.238. The molecular formula is C20H15F3N2O3S2. The van der Waals surface area contributed by atoms with Gasteiger partial charge in [-0.15, -0.1) is 0 Å². The number of aromatic nitrogens is 2. The van der Waals surface area contributed by atoms with Gasteiger partial charge in [-0.25, -0.2) is 4.98 Å². The maximum atomic E-state index is 12.8. The van der Waals surface area contributed by atoms with Gasteiger partial charge < -0.3 is 4.18 Å². The van der Waals surface area contributed by atoms with Gasteiger partial charge in [-0.05, 0) is 47.1 Å². The van der Waals surface area contributed by atoms with E-state index in [1.54, 1.807) is 12.3 Å². The van der Waals surface area contributed by atoms with Gasteiger partial charge in [0.25, 0.3) is 0 Å². The molecule has 0 bridgehead atoms. The molecule has 10 heteroatoms. The van der Waals surface area contributed by atoms with Crippen LogP contribution in [0.2, 0.25) is 0 Å². The normalized spacial score (nSPS) is 14.3. The van der Waals surface area contributed by atoms with Gasteiger partial charge in [-0.1, -0.05) is 54.2 Å². The second-order valence-electron chi connectivity index (χ2n) is 6.56. The number of allylic oxidation sites excluding steroid dienone is 1. The summed E-state index contributed by atoms with van der Waals surface area (Å²) in [6, 6.07) is 13.8. The van der Waals surface area contributed by atoms with Crippen LogP contribution in [0.4, 0.5) is 13.2 Å². The third-order valence-corrected chi connectivity index (χ3v) is 6.22. The van der Waals surface area contributed by atoms with Crippen LogP contribution >= 0.6 is 11.8 Å². The molecule has 0 amide bonds. The lowest BCUT2D eigenvalue weighted by Gasteiger charge is -2.20. The number of thioether (sulfide) groups is 1. The average Bonchev–Trinajstić information content (AvgIpc) is 2.71. The molecule has 0 saturated carbocycles. The largest absolute Gasteiger partial charge is 0.534 e. The predicted octanol–water partition coefficient (Wildman–Crippen LogP) is 5.07. The van der Waals surface area contributed by atoms with Crippen molar-refractivity contribution in [2.75, 3.05) is 6.26 Å². The first-order chi connectivity index (χ1) is 14.2. The Labute approximate surface area is 175 Å². The van der Waals surface area contributed by atoms with E-state index >= 15 is 0 Å². The van der Waals surface area contributed by atoms with Crippen LogP contribution in [0.15, 0.2) is 47.6 Å². The van der Waals surface area contributed by atoms with Gasteiger partial charge in [0.15, 0.2) is 5.16 Å². The van der Waals surface area contributed by atoms with Crippen LogP contribution in [0, 0.1) is 0 Å². The van der Waals surface area contributed by atoms with Crippen LogP contribution < -0.4 is 4.18 Å². The second-order valence-corrected chi connectivity index (χ2v) is 8.87. The number of benzene rings is 2. The fourth-order valence-corrected chi connectivity index (χ4v) is 4.14. The summed E-state index contributed by atoms with van der Waals surface area (Å²) >= 11 is 1.08. The highest BCUT2D eigenvalue weighted by atomic mass is 32.2. The third-order valence-electron chi connectivity index (χ3n) is 4.73. The first kappa shape index (κ1) is 20.7. The van der Waals surface area contributed by atoms with Crippen LogP contribution in [0.25, 0.3) is 22.4 Å². The maximum Gasteiger partial charge on any atom is 0.534 e. The molecule has 0 spiro atoms. The van der Waals surface area contributed by atoms with Gasteiger partial charge in [-0.3, -0.25) is 0 Å². The Hall–Kier alpha value is -2.59. The van der Waals surface area contributed by atoms with Crippen LogP contribution in [0.5, 0.6) is 5.88 Å². The van der Waals surface area contributed by atoms with Crippen LogP contribution in [-0.2, 0) is 16.5 Å². The lowest BCUT2D eigenvalue weighted by molar-refractivity contribution is -0.0501. The second kappa shape index (κ2) is 7.59. The highest BCUT2D eigenvalue weighted by Gasteiger charge is 2.49. The Morgan fingerprint density at radius 1 is 1.03 bits per heavy atom. The molecule has 0 radical (unpaired) electrons.